The van der Waals surface area contributed by atoms with Gasteiger partial charge in [0.15, 0.2) is 0 Å². The first-order valence-electron chi connectivity index (χ1n) is 5.83. The number of carbonyl (C=O) groups excluding carboxylic acids is 1. The Balaban J connectivity index is 2.24. The smallest absolute Gasteiger partial charge is 0.261 e. The molecule has 0 heterocycles. The number of terminal acetylenes is 1. The van der Waals surface area contributed by atoms with Crippen LogP contribution in [0.15, 0.2) is 18.2 Å². The van der Waals surface area contributed by atoms with E-state index in [1.54, 1.807) is 0 Å². The van der Waals surface area contributed by atoms with Crippen molar-refractivity contribution in [3.05, 3.63) is 29.6 Å². The molecule has 0 aliphatic heterocycles. The van der Waals surface area contributed by atoms with Crippen LogP contribution in [0.2, 0.25) is 0 Å². The Hall–Kier alpha value is -2.02. The van der Waals surface area contributed by atoms with Gasteiger partial charge in [-0.05, 0) is 30.9 Å². The number of hydrogen-bond acceptors (Lipinski definition) is 2. The van der Waals surface area contributed by atoms with Crippen molar-refractivity contribution in [3.63, 3.8) is 0 Å². The Kier molecular flexibility index (Phi) is 3.52. The highest BCUT2D eigenvalue weighted by Crippen LogP contribution is 2.31. The van der Waals surface area contributed by atoms with Crippen LogP contribution >= 0.6 is 0 Å². The van der Waals surface area contributed by atoms with Crippen LogP contribution in [0.5, 0.6) is 5.75 Å². The second-order valence-corrected chi connectivity index (χ2v) is 4.47. The minimum absolute atomic E-state index is 0.128. The number of carbonyl (C=O) groups is 1. The summed E-state index contributed by atoms with van der Waals surface area (Å²) in [5.41, 5.74) is -0.298. The fraction of sp³-hybridized carbons (Fsp3) is 0.357. The standard InChI is InChI=1S/C14H14FNO2/c1-2-8-16(9-10-6-7-10)14(18)13-11(15)4-3-5-12(13)17/h1,3-5,10,17H,6-9H2. The van der Waals surface area contributed by atoms with Crippen LogP contribution in [0.3, 0.4) is 0 Å². The van der Waals surface area contributed by atoms with Crippen LogP contribution in [-0.2, 0) is 0 Å². The average Bonchev–Trinajstić information content (AvgIpc) is 3.12. The molecule has 1 aliphatic rings. The summed E-state index contributed by atoms with van der Waals surface area (Å²) in [6, 6.07) is 3.80. The Morgan fingerprint density at radius 2 is 2.28 bits per heavy atom. The lowest BCUT2D eigenvalue weighted by molar-refractivity contribution is 0.0762. The fourth-order valence-electron chi connectivity index (χ4n) is 1.82. The van der Waals surface area contributed by atoms with Gasteiger partial charge < -0.3 is 10.0 Å². The molecule has 1 aliphatic carbocycles. The third-order valence-corrected chi connectivity index (χ3v) is 2.95. The molecule has 1 fully saturated rings. The summed E-state index contributed by atoms with van der Waals surface area (Å²) in [6.45, 7) is 0.653. The number of hydrogen-bond donors (Lipinski definition) is 1. The molecule has 2 rings (SSSR count). The molecule has 1 saturated carbocycles. The molecule has 0 spiro atoms. The van der Waals surface area contributed by atoms with Gasteiger partial charge in [0, 0.05) is 6.54 Å². The summed E-state index contributed by atoms with van der Waals surface area (Å²) in [4.78, 5) is 13.6. The molecule has 18 heavy (non-hydrogen) atoms. The van der Waals surface area contributed by atoms with Gasteiger partial charge in [0.1, 0.15) is 17.1 Å². The van der Waals surface area contributed by atoms with Crippen molar-refractivity contribution < 1.29 is 14.3 Å². The molecule has 1 N–H and O–H groups in total. The lowest BCUT2D eigenvalue weighted by Gasteiger charge is -2.20. The molecule has 0 atom stereocenters. The highest BCUT2D eigenvalue weighted by molar-refractivity contribution is 5.97. The summed E-state index contributed by atoms with van der Waals surface area (Å²) >= 11 is 0. The maximum Gasteiger partial charge on any atom is 0.261 e. The van der Waals surface area contributed by atoms with Crippen LogP contribution in [0.25, 0.3) is 0 Å². The largest absolute Gasteiger partial charge is 0.507 e. The van der Waals surface area contributed by atoms with Crippen molar-refractivity contribution in [2.45, 2.75) is 12.8 Å². The first-order chi connectivity index (χ1) is 8.63. The predicted molar refractivity (Wildman–Crippen MR) is 65.5 cm³/mol. The summed E-state index contributed by atoms with van der Waals surface area (Å²) in [5, 5.41) is 9.59. The quantitative estimate of drug-likeness (QED) is 0.827. The minimum Gasteiger partial charge on any atom is -0.507 e. The van der Waals surface area contributed by atoms with Gasteiger partial charge in [0.25, 0.3) is 5.91 Å². The highest BCUT2D eigenvalue weighted by atomic mass is 19.1. The average molecular weight is 247 g/mol. The van der Waals surface area contributed by atoms with Crippen molar-refractivity contribution in [1.29, 1.82) is 0 Å². The van der Waals surface area contributed by atoms with Crippen molar-refractivity contribution >= 4 is 5.91 Å². The molecule has 3 nitrogen and oxygen atoms in total. The zero-order valence-corrected chi connectivity index (χ0v) is 9.90. The van der Waals surface area contributed by atoms with E-state index in [4.69, 9.17) is 6.42 Å². The predicted octanol–water partition coefficient (Wildman–Crippen LogP) is 2.02. The summed E-state index contributed by atoms with van der Waals surface area (Å²) in [7, 11) is 0. The normalized spacial score (nSPS) is 14.0. The Morgan fingerprint density at radius 3 is 2.83 bits per heavy atom. The van der Waals surface area contributed by atoms with Gasteiger partial charge in [-0.25, -0.2) is 4.39 Å². The van der Waals surface area contributed by atoms with E-state index in [1.807, 2.05) is 0 Å². The van der Waals surface area contributed by atoms with E-state index >= 15 is 0 Å². The Morgan fingerprint density at radius 1 is 1.56 bits per heavy atom. The lowest BCUT2D eigenvalue weighted by atomic mass is 10.1. The van der Waals surface area contributed by atoms with Crippen molar-refractivity contribution in [2.75, 3.05) is 13.1 Å². The topological polar surface area (TPSA) is 40.5 Å². The first-order valence-corrected chi connectivity index (χ1v) is 5.83. The molecule has 0 aromatic heterocycles. The van der Waals surface area contributed by atoms with Crippen molar-refractivity contribution in [1.82, 2.24) is 4.90 Å². The lowest BCUT2D eigenvalue weighted by Crippen LogP contribution is -2.33. The van der Waals surface area contributed by atoms with Gasteiger partial charge >= 0.3 is 0 Å². The molecule has 0 bridgehead atoms. The number of phenols is 1. The zero-order chi connectivity index (χ0) is 13.1. The van der Waals surface area contributed by atoms with E-state index in [0.717, 1.165) is 18.9 Å². The number of amides is 1. The Labute approximate surface area is 105 Å². The second kappa shape index (κ2) is 5.09. The number of aromatic hydroxyl groups is 1. The van der Waals surface area contributed by atoms with E-state index in [1.165, 1.54) is 17.0 Å². The van der Waals surface area contributed by atoms with Crippen LogP contribution in [0, 0.1) is 24.1 Å². The van der Waals surface area contributed by atoms with E-state index < -0.39 is 11.7 Å². The van der Waals surface area contributed by atoms with Gasteiger partial charge in [-0.15, -0.1) is 6.42 Å². The minimum atomic E-state index is -0.724. The van der Waals surface area contributed by atoms with Crippen molar-refractivity contribution in [2.24, 2.45) is 5.92 Å². The molecule has 0 radical (unpaired) electrons. The van der Waals surface area contributed by atoms with E-state index in [9.17, 15) is 14.3 Å². The molecule has 4 heteroatoms. The molecule has 1 amide bonds. The van der Waals surface area contributed by atoms with Gasteiger partial charge in [-0.3, -0.25) is 4.79 Å². The van der Waals surface area contributed by atoms with Crippen molar-refractivity contribution in [3.8, 4) is 18.1 Å². The molecule has 94 valence electrons. The second-order valence-electron chi connectivity index (χ2n) is 4.47. The van der Waals surface area contributed by atoms with E-state index in [-0.39, 0.29) is 17.9 Å². The molecule has 0 unspecified atom stereocenters. The van der Waals surface area contributed by atoms with Crippen LogP contribution in [0.1, 0.15) is 23.2 Å². The highest BCUT2D eigenvalue weighted by Gasteiger charge is 2.29. The summed E-state index contributed by atoms with van der Waals surface area (Å²) in [6.07, 6.45) is 7.35. The Bertz CT molecular complexity index is 483. The molecular weight excluding hydrogens is 233 g/mol. The summed E-state index contributed by atoms with van der Waals surface area (Å²) in [5.74, 6) is 1.23. The maximum atomic E-state index is 13.6. The SMILES string of the molecule is C#CCN(CC1CC1)C(=O)c1c(O)cccc1F. The van der Waals surface area contributed by atoms with Crippen LogP contribution in [-0.4, -0.2) is 29.0 Å². The van der Waals surface area contributed by atoms with Crippen LogP contribution < -0.4 is 0 Å². The number of phenolic OH excluding ortho intramolecular Hbond substituents is 1. The van der Waals surface area contributed by atoms with E-state index in [0.29, 0.717) is 12.5 Å². The van der Waals surface area contributed by atoms with Gasteiger partial charge in [0.2, 0.25) is 0 Å². The number of halogens is 1. The van der Waals surface area contributed by atoms with Crippen LogP contribution in [0.4, 0.5) is 4.39 Å². The third kappa shape index (κ3) is 2.62. The van der Waals surface area contributed by atoms with Gasteiger partial charge in [-0.1, -0.05) is 12.0 Å². The van der Waals surface area contributed by atoms with Gasteiger partial charge in [0.05, 0.1) is 6.54 Å². The molecule has 0 saturated heterocycles. The maximum absolute atomic E-state index is 13.6. The first kappa shape index (κ1) is 12.4. The zero-order valence-electron chi connectivity index (χ0n) is 9.90. The third-order valence-electron chi connectivity index (χ3n) is 2.95. The molecule has 1 aromatic carbocycles. The summed E-state index contributed by atoms with van der Waals surface area (Å²) < 4.78 is 13.6. The number of benzene rings is 1. The molecular formula is C14H14FNO2. The fourth-order valence-corrected chi connectivity index (χ4v) is 1.82. The molecule has 1 aromatic rings. The van der Waals surface area contributed by atoms with E-state index in [2.05, 4.69) is 5.92 Å². The van der Waals surface area contributed by atoms with Gasteiger partial charge in [-0.2, -0.15) is 0 Å². The number of nitrogens with zero attached hydrogens (tertiary/aromatic N) is 1. The number of rotatable bonds is 4. The monoisotopic (exact) mass is 247 g/mol.